The van der Waals surface area contributed by atoms with E-state index in [1.54, 1.807) is 30.3 Å². The van der Waals surface area contributed by atoms with E-state index in [1.807, 2.05) is 19.1 Å². The van der Waals surface area contributed by atoms with Gasteiger partial charge in [-0.05, 0) is 55.7 Å². The van der Waals surface area contributed by atoms with Gasteiger partial charge in [0, 0.05) is 41.7 Å². The third kappa shape index (κ3) is 5.16. The van der Waals surface area contributed by atoms with Crippen molar-refractivity contribution in [3.63, 3.8) is 0 Å². The van der Waals surface area contributed by atoms with Crippen molar-refractivity contribution in [3.05, 3.63) is 53.1 Å². The van der Waals surface area contributed by atoms with E-state index in [-0.39, 0.29) is 5.91 Å². The number of benzene rings is 2. The monoisotopic (exact) mass is 400 g/mol. The summed E-state index contributed by atoms with van der Waals surface area (Å²) in [7, 11) is 0. The van der Waals surface area contributed by atoms with Gasteiger partial charge in [-0.3, -0.25) is 4.79 Å². The van der Waals surface area contributed by atoms with E-state index >= 15 is 0 Å². The number of carbonyl (C=O) groups excluding carboxylic acids is 2. The van der Waals surface area contributed by atoms with Gasteiger partial charge in [0.05, 0.1) is 5.56 Å². The topological polar surface area (TPSA) is 73.5 Å². The highest BCUT2D eigenvalue weighted by Crippen LogP contribution is 2.28. The van der Waals surface area contributed by atoms with Gasteiger partial charge in [-0.1, -0.05) is 24.6 Å². The Morgan fingerprint density at radius 3 is 2.43 bits per heavy atom. The fraction of sp³-hybridized carbons (Fsp3) is 0.333. The highest BCUT2D eigenvalue weighted by molar-refractivity contribution is 6.30. The standard InChI is InChI=1S/C21H25ClN4O2/c1-2-10-23-20(27)18-14-17(8-9-19(18)26-11-3-4-12-26)25-21(28)24-16-7-5-6-15(22)13-16/h5-9,13-14H,2-4,10-12H2,1H3,(H,23,27)(H2,24,25,28). The van der Waals surface area contributed by atoms with Crippen LogP contribution in [0.5, 0.6) is 0 Å². The van der Waals surface area contributed by atoms with Crippen LogP contribution >= 0.6 is 11.6 Å². The number of hydrogen-bond acceptors (Lipinski definition) is 3. The van der Waals surface area contributed by atoms with E-state index in [0.29, 0.717) is 28.5 Å². The fourth-order valence-electron chi connectivity index (χ4n) is 3.22. The first-order valence-electron chi connectivity index (χ1n) is 9.57. The van der Waals surface area contributed by atoms with Crippen molar-refractivity contribution in [1.29, 1.82) is 0 Å². The summed E-state index contributed by atoms with van der Waals surface area (Å²) in [4.78, 5) is 27.2. The lowest BCUT2D eigenvalue weighted by atomic mass is 10.1. The number of carbonyl (C=O) groups is 2. The van der Waals surface area contributed by atoms with Crippen molar-refractivity contribution in [2.24, 2.45) is 0 Å². The van der Waals surface area contributed by atoms with Crippen molar-refractivity contribution in [2.45, 2.75) is 26.2 Å². The lowest BCUT2D eigenvalue weighted by molar-refractivity contribution is 0.0954. The van der Waals surface area contributed by atoms with Crippen LogP contribution in [0.15, 0.2) is 42.5 Å². The number of halogens is 1. The van der Waals surface area contributed by atoms with Crippen LogP contribution in [0.3, 0.4) is 0 Å². The summed E-state index contributed by atoms with van der Waals surface area (Å²) < 4.78 is 0. The average molecular weight is 401 g/mol. The summed E-state index contributed by atoms with van der Waals surface area (Å²) in [5.74, 6) is -0.123. The Balaban J connectivity index is 1.77. The van der Waals surface area contributed by atoms with Crippen LogP contribution in [-0.2, 0) is 0 Å². The minimum Gasteiger partial charge on any atom is -0.371 e. The largest absolute Gasteiger partial charge is 0.371 e. The van der Waals surface area contributed by atoms with Crippen molar-refractivity contribution < 1.29 is 9.59 Å². The van der Waals surface area contributed by atoms with Gasteiger partial charge in [-0.25, -0.2) is 4.79 Å². The molecule has 0 spiro atoms. The molecule has 0 atom stereocenters. The molecule has 3 N–H and O–H groups in total. The second kappa shape index (κ2) is 9.46. The predicted octanol–water partition coefficient (Wildman–Crippen LogP) is 4.72. The van der Waals surface area contributed by atoms with Crippen molar-refractivity contribution in [1.82, 2.24) is 5.32 Å². The maximum absolute atomic E-state index is 12.7. The van der Waals surface area contributed by atoms with Crippen LogP contribution in [0.4, 0.5) is 21.9 Å². The summed E-state index contributed by atoms with van der Waals surface area (Å²) in [5.41, 5.74) is 2.64. The van der Waals surface area contributed by atoms with Crippen molar-refractivity contribution in [2.75, 3.05) is 35.2 Å². The SMILES string of the molecule is CCCNC(=O)c1cc(NC(=O)Nc2cccc(Cl)c2)ccc1N1CCCC1. The minimum absolute atomic E-state index is 0.123. The molecular formula is C21H25ClN4O2. The third-order valence-electron chi connectivity index (χ3n) is 4.56. The normalized spacial score (nSPS) is 13.3. The third-order valence-corrected chi connectivity index (χ3v) is 4.80. The summed E-state index contributed by atoms with van der Waals surface area (Å²) >= 11 is 5.94. The lowest BCUT2D eigenvalue weighted by Gasteiger charge is -2.22. The lowest BCUT2D eigenvalue weighted by Crippen LogP contribution is -2.28. The molecule has 1 aliphatic rings. The maximum Gasteiger partial charge on any atom is 0.323 e. The zero-order chi connectivity index (χ0) is 19.9. The molecule has 1 saturated heterocycles. The highest BCUT2D eigenvalue weighted by Gasteiger charge is 2.20. The molecule has 3 rings (SSSR count). The van der Waals surface area contributed by atoms with Crippen molar-refractivity contribution in [3.8, 4) is 0 Å². The van der Waals surface area contributed by atoms with E-state index in [4.69, 9.17) is 11.6 Å². The van der Waals surface area contributed by atoms with Gasteiger partial charge in [0.25, 0.3) is 5.91 Å². The first kappa shape index (κ1) is 20.0. The van der Waals surface area contributed by atoms with Crippen LogP contribution < -0.4 is 20.9 Å². The molecule has 0 aromatic heterocycles. The molecule has 0 unspecified atom stereocenters. The fourth-order valence-corrected chi connectivity index (χ4v) is 3.41. The van der Waals surface area contributed by atoms with Crippen LogP contribution in [-0.4, -0.2) is 31.6 Å². The number of urea groups is 1. The van der Waals surface area contributed by atoms with E-state index in [2.05, 4.69) is 20.9 Å². The molecule has 0 saturated carbocycles. The van der Waals surface area contributed by atoms with Crippen LogP contribution in [0.25, 0.3) is 0 Å². The Morgan fingerprint density at radius 1 is 1.04 bits per heavy atom. The van der Waals surface area contributed by atoms with Crippen LogP contribution in [0, 0.1) is 0 Å². The Hall–Kier alpha value is -2.73. The zero-order valence-corrected chi connectivity index (χ0v) is 16.7. The van der Waals surface area contributed by atoms with Gasteiger partial charge < -0.3 is 20.9 Å². The Morgan fingerprint density at radius 2 is 1.75 bits per heavy atom. The quantitative estimate of drug-likeness (QED) is 0.656. The molecule has 0 radical (unpaired) electrons. The predicted molar refractivity (Wildman–Crippen MR) is 115 cm³/mol. The van der Waals surface area contributed by atoms with Gasteiger partial charge in [0.2, 0.25) is 0 Å². The Labute approximate surface area is 170 Å². The maximum atomic E-state index is 12.7. The molecule has 0 aliphatic carbocycles. The van der Waals surface area contributed by atoms with E-state index < -0.39 is 6.03 Å². The number of anilines is 3. The highest BCUT2D eigenvalue weighted by atomic mass is 35.5. The molecule has 1 fully saturated rings. The number of rotatable bonds is 6. The second-order valence-corrected chi connectivity index (χ2v) is 7.21. The van der Waals surface area contributed by atoms with Crippen LogP contribution in [0.1, 0.15) is 36.5 Å². The summed E-state index contributed by atoms with van der Waals surface area (Å²) in [5, 5.41) is 9.00. The van der Waals surface area contributed by atoms with Crippen molar-refractivity contribution >= 4 is 40.6 Å². The van der Waals surface area contributed by atoms with E-state index in [1.165, 1.54) is 0 Å². The first-order chi connectivity index (χ1) is 13.6. The minimum atomic E-state index is -0.392. The molecule has 0 bridgehead atoms. The van der Waals surface area contributed by atoms with Gasteiger partial charge in [0.15, 0.2) is 0 Å². The zero-order valence-electron chi connectivity index (χ0n) is 15.9. The number of nitrogens with zero attached hydrogens (tertiary/aromatic N) is 1. The molecule has 1 aliphatic heterocycles. The number of hydrogen-bond donors (Lipinski definition) is 3. The molecule has 2 aromatic carbocycles. The summed E-state index contributed by atoms with van der Waals surface area (Å²) in [6, 6.07) is 12.0. The number of amides is 3. The van der Waals surface area contributed by atoms with Gasteiger partial charge in [0.1, 0.15) is 0 Å². The molecule has 3 amide bonds. The molecule has 2 aromatic rings. The first-order valence-corrected chi connectivity index (χ1v) is 9.95. The van der Waals surface area contributed by atoms with E-state index in [9.17, 15) is 9.59 Å². The van der Waals surface area contributed by atoms with Gasteiger partial charge >= 0.3 is 6.03 Å². The smallest absolute Gasteiger partial charge is 0.323 e. The van der Waals surface area contributed by atoms with Crippen LogP contribution in [0.2, 0.25) is 5.02 Å². The molecule has 6 nitrogen and oxygen atoms in total. The Kier molecular flexibility index (Phi) is 6.76. The number of nitrogens with one attached hydrogen (secondary N) is 3. The summed E-state index contributed by atoms with van der Waals surface area (Å²) in [6.07, 6.45) is 3.11. The average Bonchev–Trinajstić information content (AvgIpc) is 3.20. The molecule has 7 heteroatoms. The molecule has 148 valence electrons. The van der Waals surface area contributed by atoms with E-state index in [0.717, 1.165) is 38.0 Å². The molecule has 1 heterocycles. The Bertz CT molecular complexity index is 850. The van der Waals surface area contributed by atoms with Gasteiger partial charge in [-0.2, -0.15) is 0 Å². The molecular weight excluding hydrogens is 376 g/mol. The second-order valence-electron chi connectivity index (χ2n) is 6.77. The van der Waals surface area contributed by atoms with Gasteiger partial charge in [-0.15, -0.1) is 0 Å². The molecule has 28 heavy (non-hydrogen) atoms. The summed E-state index contributed by atoms with van der Waals surface area (Å²) in [6.45, 7) is 4.51.